The Hall–Kier alpha value is -2.14. The average Bonchev–Trinajstić information content (AvgIpc) is 2.45. The zero-order valence-corrected chi connectivity index (χ0v) is 12.6. The number of aromatic nitrogens is 1. The van der Waals surface area contributed by atoms with Crippen molar-refractivity contribution in [2.75, 3.05) is 26.0 Å². The van der Waals surface area contributed by atoms with E-state index in [0.717, 1.165) is 23.7 Å². The van der Waals surface area contributed by atoms with Gasteiger partial charge in [0, 0.05) is 11.4 Å². The third kappa shape index (κ3) is 3.92. The predicted octanol–water partition coefficient (Wildman–Crippen LogP) is 2.69. The van der Waals surface area contributed by atoms with Gasteiger partial charge in [0.1, 0.15) is 5.82 Å². The van der Waals surface area contributed by atoms with Crippen LogP contribution in [-0.2, 0) is 0 Å². The first-order valence-electron chi connectivity index (χ1n) is 7.01. The van der Waals surface area contributed by atoms with Crippen LogP contribution in [0.15, 0.2) is 30.3 Å². The van der Waals surface area contributed by atoms with Gasteiger partial charge in [-0.3, -0.25) is 0 Å². The first kappa shape index (κ1) is 15.3. The summed E-state index contributed by atoms with van der Waals surface area (Å²) in [4.78, 5) is 17.6. The molecule has 0 saturated heterocycles. The summed E-state index contributed by atoms with van der Waals surface area (Å²) in [5, 5.41) is 14.3. The summed E-state index contributed by atoms with van der Waals surface area (Å²) >= 11 is 0. The summed E-state index contributed by atoms with van der Waals surface area (Å²) in [5.74, 6) is -0.374. The molecular weight excluding hydrogens is 266 g/mol. The lowest BCUT2D eigenvalue weighted by Gasteiger charge is -2.18. The predicted molar refractivity (Wildman–Crippen MR) is 85.0 cm³/mol. The molecule has 5 heteroatoms. The van der Waals surface area contributed by atoms with Gasteiger partial charge in [-0.25, -0.2) is 9.78 Å². The van der Waals surface area contributed by atoms with Gasteiger partial charge in [0.2, 0.25) is 0 Å². The van der Waals surface area contributed by atoms with E-state index in [-0.39, 0.29) is 11.7 Å². The molecule has 112 valence electrons. The molecule has 0 aliphatic heterocycles. The Morgan fingerprint density at radius 2 is 2.10 bits per heavy atom. The fourth-order valence-electron chi connectivity index (χ4n) is 2.18. The van der Waals surface area contributed by atoms with Crippen molar-refractivity contribution in [2.45, 2.75) is 19.4 Å². The SMILES string of the molecule is CC(CCN(C)C)Nc1nc(C(=O)O)cc2ccccc12. The molecular formula is C16H21N3O2. The van der Waals surface area contributed by atoms with Crippen molar-refractivity contribution in [1.29, 1.82) is 0 Å². The number of pyridine rings is 1. The van der Waals surface area contributed by atoms with Gasteiger partial charge >= 0.3 is 5.97 Å². The molecule has 0 radical (unpaired) electrons. The van der Waals surface area contributed by atoms with Crippen molar-refractivity contribution in [3.8, 4) is 0 Å². The molecule has 0 saturated carbocycles. The zero-order chi connectivity index (χ0) is 15.4. The molecule has 0 fully saturated rings. The molecule has 1 unspecified atom stereocenters. The van der Waals surface area contributed by atoms with E-state index in [2.05, 4.69) is 22.1 Å². The smallest absolute Gasteiger partial charge is 0.354 e. The number of anilines is 1. The van der Waals surface area contributed by atoms with Crippen molar-refractivity contribution in [3.05, 3.63) is 36.0 Å². The maximum atomic E-state index is 11.2. The van der Waals surface area contributed by atoms with Gasteiger partial charge in [0.25, 0.3) is 0 Å². The number of benzene rings is 1. The Bertz CT molecular complexity index is 640. The van der Waals surface area contributed by atoms with E-state index in [1.807, 2.05) is 38.4 Å². The molecule has 5 nitrogen and oxygen atoms in total. The van der Waals surface area contributed by atoms with Crippen molar-refractivity contribution < 1.29 is 9.90 Å². The van der Waals surface area contributed by atoms with Crippen molar-refractivity contribution in [1.82, 2.24) is 9.88 Å². The number of nitrogens with one attached hydrogen (secondary N) is 1. The fraction of sp³-hybridized carbons (Fsp3) is 0.375. The third-order valence-electron chi connectivity index (χ3n) is 3.35. The molecule has 0 bridgehead atoms. The summed E-state index contributed by atoms with van der Waals surface area (Å²) in [5.41, 5.74) is 0.0657. The highest BCUT2D eigenvalue weighted by Crippen LogP contribution is 2.23. The minimum absolute atomic E-state index is 0.0657. The quantitative estimate of drug-likeness (QED) is 0.855. The maximum Gasteiger partial charge on any atom is 0.354 e. The van der Waals surface area contributed by atoms with Crippen molar-refractivity contribution >= 4 is 22.6 Å². The Balaban J connectivity index is 2.30. The number of carboxylic acid groups (broad SMARTS) is 1. The summed E-state index contributed by atoms with van der Waals surface area (Å²) in [7, 11) is 4.07. The Morgan fingerprint density at radius 3 is 2.76 bits per heavy atom. The highest BCUT2D eigenvalue weighted by molar-refractivity contribution is 5.97. The van der Waals surface area contributed by atoms with Crippen LogP contribution in [0, 0.1) is 0 Å². The Morgan fingerprint density at radius 1 is 1.38 bits per heavy atom. The molecule has 2 aromatic rings. The van der Waals surface area contributed by atoms with Crippen LogP contribution in [0.3, 0.4) is 0 Å². The van der Waals surface area contributed by atoms with E-state index < -0.39 is 5.97 Å². The van der Waals surface area contributed by atoms with E-state index in [1.54, 1.807) is 6.07 Å². The lowest BCUT2D eigenvalue weighted by Crippen LogP contribution is -2.23. The van der Waals surface area contributed by atoms with Crippen LogP contribution in [0.4, 0.5) is 5.82 Å². The highest BCUT2D eigenvalue weighted by Gasteiger charge is 2.12. The molecule has 0 amide bonds. The number of hydrogen-bond acceptors (Lipinski definition) is 4. The second kappa shape index (κ2) is 6.54. The second-order valence-corrected chi connectivity index (χ2v) is 5.52. The molecule has 2 N–H and O–H groups in total. The fourth-order valence-corrected chi connectivity index (χ4v) is 2.18. The highest BCUT2D eigenvalue weighted by atomic mass is 16.4. The largest absolute Gasteiger partial charge is 0.477 e. The van der Waals surface area contributed by atoms with Gasteiger partial charge in [-0.2, -0.15) is 0 Å². The first-order chi connectivity index (χ1) is 9.97. The van der Waals surface area contributed by atoms with E-state index in [1.165, 1.54) is 0 Å². The monoisotopic (exact) mass is 287 g/mol. The third-order valence-corrected chi connectivity index (χ3v) is 3.35. The maximum absolute atomic E-state index is 11.2. The van der Waals surface area contributed by atoms with Gasteiger partial charge in [-0.1, -0.05) is 24.3 Å². The van der Waals surface area contributed by atoms with Crippen molar-refractivity contribution in [2.24, 2.45) is 0 Å². The minimum atomic E-state index is -1.01. The van der Waals surface area contributed by atoms with Crippen LogP contribution in [0.2, 0.25) is 0 Å². The molecule has 0 spiro atoms. The Labute approximate surface area is 124 Å². The van der Waals surface area contributed by atoms with E-state index in [0.29, 0.717) is 5.82 Å². The van der Waals surface area contributed by atoms with E-state index in [9.17, 15) is 9.90 Å². The van der Waals surface area contributed by atoms with E-state index >= 15 is 0 Å². The van der Waals surface area contributed by atoms with Crippen LogP contribution >= 0.6 is 0 Å². The van der Waals surface area contributed by atoms with E-state index in [4.69, 9.17) is 0 Å². The number of hydrogen-bond donors (Lipinski definition) is 2. The average molecular weight is 287 g/mol. The minimum Gasteiger partial charge on any atom is -0.477 e. The standard InChI is InChI=1S/C16H21N3O2/c1-11(8-9-19(2)3)17-15-13-7-5-4-6-12(13)10-14(18-15)16(20)21/h4-7,10-11H,8-9H2,1-3H3,(H,17,18)(H,20,21). The van der Waals surface area contributed by atoms with Crippen LogP contribution in [-0.4, -0.2) is 47.6 Å². The normalized spacial score (nSPS) is 12.6. The zero-order valence-electron chi connectivity index (χ0n) is 12.6. The van der Waals surface area contributed by atoms with Crippen LogP contribution in [0.1, 0.15) is 23.8 Å². The lowest BCUT2D eigenvalue weighted by molar-refractivity contribution is 0.0691. The molecule has 1 atom stereocenters. The molecule has 2 rings (SSSR count). The number of fused-ring (bicyclic) bond motifs is 1. The number of aromatic carboxylic acids is 1. The number of rotatable bonds is 6. The molecule has 21 heavy (non-hydrogen) atoms. The second-order valence-electron chi connectivity index (χ2n) is 5.52. The number of nitrogens with zero attached hydrogens (tertiary/aromatic N) is 2. The van der Waals surface area contributed by atoms with Crippen LogP contribution in [0.5, 0.6) is 0 Å². The summed E-state index contributed by atoms with van der Waals surface area (Å²) in [6.07, 6.45) is 0.959. The summed E-state index contributed by atoms with van der Waals surface area (Å²) in [6, 6.07) is 9.50. The van der Waals surface area contributed by atoms with Gasteiger partial charge in [-0.15, -0.1) is 0 Å². The summed E-state index contributed by atoms with van der Waals surface area (Å²) < 4.78 is 0. The van der Waals surface area contributed by atoms with Crippen LogP contribution < -0.4 is 5.32 Å². The number of carbonyl (C=O) groups is 1. The molecule has 1 aromatic carbocycles. The van der Waals surface area contributed by atoms with Gasteiger partial charge in [-0.05, 0) is 45.4 Å². The van der Waals surface area contributed by atoms with Gasteiger partial charge in [0.05, 0.1) is 0 Å². The Kier molecular flexibility index (Phi) is 4.75. The number of carboxylic acids is 1. The summed E-state index contributed by atoms with van der Waals surface area (Å²) in [6.45, 7) is 3.04. The molecule has 0 aliphatic carbocycles. The first-order valence-corrected chi connectivity index (χ1v) is 7.01. The van der Waals surface area contributed by atoms with Gasteiger partial charge < -0.3 is 15.3 Å². The molecule has 1 heterocycles. The molecule has 0 aliphatic rings. The topological polar surface area (TPSA) is 65.5 Å². The van der Waals surface area contributed by atoms with Crippen molar-refractivity contribution in [3.63, 3.8) is 0 Å². The lowest BCUT2D eigenvalue weighted by atomic mass is 10.1. The van der Waals surface area contributed by atoms with Gasteiger partial charge in [0.15, 0.2) is 5.69 Å². The molecule has 1 aromatic heterocycles. The van der Waals surface area contributed by atoms with Crippen LogP contribution in [0.25, 0.3) is 10.8 Å².